The van der Waals surface area contributed by atoms with Crippen LogP contribution >= 0.6 is 11.3 Å². The number of ether oxygens (including phenoxy) is 1. The maximum atomic E-state index is 8.92. The molecule has 1 fully saturated rings. The Morgan fingerprint density at radius 3 is 3.18 bits per heavy atom. The monoisotopic (exact) mass is 316 g/mol. The number of nitrogen functional groups attached to an aromatic ring is 1. The van der Waals surface area contributed by atoms with Crippen LogP contribution in [0.15, 0.2) is 17.6 Å². The molecule has 0 unspecified atom stereocenters. The van der Waals surface area contributed by atoms with Crippen molar-refractivity contribution in [1.29, 1.82) is 5.26 Å². The second-order valence-electron chi connectivity index (χ2n) is 5.77. The molecule has 0 aliphatic heterocycles. The number of fused-ring (bicyclic) bond motifs is 1. The normalized spacial score (nSPS) is 25.0. The van der Waals surface area contributed by atoms with Gasteiger partial charge in [0, 0.05) is 19.6 Å². The molecule has 0 radical (unpaired) electrons. The summed E-state index contributed by atoms with van der Waals surface area (Å²) in [7, 11) is 1.73. The molecule has 0 spiro atoms. The molecule has 5 nitrogen and oxygen atoms in total. The fourth-order valence-electron chi connectivity index (χ4n) is 3.24. The molecule has 6 heteroatoms. The number of hydrogen-bond acceptors (Lipinski definition) is 6. The number of nitrogens with one attached hydrogen (secondary N) is 1. The first kappa shape index (κ1) is 15.1. The summed E-state index contributed by atoms with van der Waals surface area (Å²) in [6.07, 6.45) is 5.35. The molecule has 22 heavy (non-hydrogen) atoms. The largest absolute Gasteiger partial charge is 0.396 e. The van der Waals surface area contributed by atoms with E-state index in [1.165, 1.54) is 0 Å². The van der Waals surface area contributed by atoms with Crippen molar-refractivity contribution in [3.63, 3.8) is 0 Å². The molecule has 3 rings (SSSR count). The minimum Gasteiger partial charge on any atom is -0.396 e. The van der Waals surface area contributed by atoms with Crippen molar-refractivity contribution in [2.75, 3.05) is 18.2 Å². The van der Waals surface area contributed by atoms with Crippen molar-refractivity contribution in [1.82, 2.24) is 4.98 Å². The van der Waals surface area contributed by atoms with Crippen LogP contribution in [-0.2, 0) is 4.74 Å². The summed E-state index contributed by atoms with van der Waals surface area (Å²) in [4.78, 5) is 4.35. The summed E-state index contributed by atoms with van der Waals surface area (Å²) in [6.45, 7) is 0. The van der Waals surface area contributed by atoms with Gasteiger partial charge >= 0.3 is 0 Å². The minimum absolute atomic E-state index is 0.132. The number of nitriles is 1. The summed E-state index contributed by atoms with van der Waals surface area (Å²) in [5.74, 6) is 0.338. The first-order valence-electron chi connectivity index (χ1n) is 7.51. The first-order valence-corrected chi connectivity index (χ1v) is 8.39. The second kappa shape index (κ2) is 6.51. The van der Waals surface area contributed by atoms with Crippen molar-refractivity contribution in [3.8, 4) is 6.07 Å². The number of pyridine rings is 1. The standard InChI is InChI=1S/C16H20N4OS/c1-21-14-8-11(3-2-10(14)4-6-17)20-15-12(18)9-19-13-5-7-22-16(13)15/h5,7,9-11,14H,2-4,8,18H2,1H3,(H,19,20)/t10-,11+,14-/m1/s1. The second-order valence-corrected chi connectivity index (χ2v) is 6.69. The number of nitrogens with two attached hydrogens (primary N) is 1. The molecule has 0 aromatic carbocycles. The Bertz CT molecular complexity index is 693. The lowest BCUT2D eigenvalue weighted by atomic mass is 9.81. The van der Waals surface area contributed by atoms with Gasteiger partial charge in [0.2, 0.25) is 0 Å². The van der Waals surface area contributed by atoms with Gasteiger partial charge in [0.1, 0.15) is 0 Å². The van der Waals surface area contributed by atoms with Crippen LogP contribution in [0.4, 0.5) is 11.4 Å². The highest BCUT2D eigenvalue weighted by atomic mass is 32.1. The fourth-order valence-corrected chi connectivity index (χ4v) is 4.11. The van der Waals surface area contributed by atoms with Gasteiger partial charge in [0.25, 0.3) is 0 Å². The Morgan fingerprint density at radius 2 is 2.41 bits per heavy atom. The number of thiophene rings is 1. The van der Waals surface area contributed by atoms with Crippen molar-refractivity contribution < 1.29 is 4.74 Å². The molecule has 2 heterocycles. The third-order valence-electron chi connectivity index (χ3n) is 4.44. The predicted octanol–water partition coefficient (Wildman–Crippen LogP) is 3.39. The van der Waals surface area contributed by atoms with E-state index in [0.717, 1.165) is 35.2 Å². The van der Waals surface area contributed by atoms with Crippen LogP contribution in [0.25, 0.3) is 10.2 Å². The zero-order valence-corrected chi connectivity index (χ0v) is 13.4. The molecule has 2 aromatic rings. The van der Waals surface area contributed by atoms with Gasteiger partial charge in [-0.15, -0.1) is 11.3 Å². The van der Waals surface area contributed by atoms with Gasteiger partial charge in [0.15, 0.2) is 0 Å². The van der Waals surface area contributed by atoms with Crippen LogP contribution in [0.5, 0.6) is 0 Å². The average molecular weight is 316 g/mol. The highest BCUT2D eigenvalue weighted by molar-refractivity contribution is 7.17. The summed E-state index contributed by atoms with van der Waals surface area (Å²) < 4.78 is 6.70. The van der Waals surface area contributed by atoms with E-state index in [2.05, 4.69) is 16.4 Å². The number of nitrogens with zero attached hydrogens (tertiary/aromatic N) is 2. The van der Waals surface area contributed by atoms with Crippen LogP contribution in [0, 0.1) is 17.2 Å². The number of methoxy groups -OCH3 is 1. The Morgan fingerprint density at radius 1 is 1.55 bits per heavy atom. The van der Waals surface area contributed by atoms with Gasteiger partial charge < -0.3 is 15.8 Å². The molecule has 3 atom stereocenters. The number of anilines is 2. The molecule has 1 saturated carbocycles. The lowest BCUT2D eigenvalue weighted by molar-refractivity contribution is 0.0217. The summed E-state index contributed by atoms with van der Waals surface area (Å²) >= 11 is 1.65. The van der Waals surface area contributed by atoms with E-state index >= 15 is 0 Å². The lowest BCUT2D eigenvalue weighted by Crippen LogP contribution is -2.37. The topological polar surface area (TPSA) is 84.0 Å². The van der Waals surface area contributed by atoms with Gasteiger partial charge in [-0.2, -0.15) is 5.26 Å². The Kier molecular flexibility index (Phi) is 4.46. The zero-order valence-electron chi connectivity index (χ0n) is 12.6. The van der Waals surface area contributed by atoms with E-state index in [9.17, 15) is 0 Å². The van der Waals surface area contributed by atoms with E-state index in [-0.39, 0.29) is 6.10 Å². The highest BCUT2D eigenvalue weighted by Crippen LogP contribution is 2.36. The van der Waals surface area contributed by atoms with E-state index in [0.29, 0.717) is 24.1 Å². The summed E-state index contributed by atoms with van der Waals surface area (Å²) in [5, 5.41) is 14.5. The van der Waals surface area contributed by atoms with Crippen LogP contribution in [-0.4, -0.2) is 24.2 Å². The van der Waals surface area contributed by atoms with E-state index in [1.807, 2.05) is 11.4 Å². The molecular formula is C16H20N4OS. The molecule has 1 aliphatic carbocycles. The summed E-state index contributed by atoms with van der Waals surface area (Å²) in [6, 6.07) is 4.59. The van der Waals surface area contributed by atoms with Crippen LogP contribution in [0.1, 0.15) is 25.7 Å². The number of aromatic nitrogens is 1. The third-order valence-corrected chi connectivity index (χ3v) is 5.36. The maximum Gasteiger partial charge on any atom is 0.0832 e. The zero-order chi connectivity index (χ0) is 15.5. The molecule has 0 saturated heterocycles. The Labute approximate surface area is 134 Å². The smallest absolute Gasteiger partial charge is 0.0832 e. The SMILES string of the molecule is CO[C@@H]1C[C@@H](Nc2c(N)cnc3ccsc23)CC[C@@H]1CC#N. The molecule has 116 valence electrons. The molecule has 2 aromatic heterocycles. The van der Waals surface area contributed by atoms with E-state index in [4.69, 9.17) is 15.7 Å². The molecule has 0 bridgehead atoms. The highest BCUT2D eigenvalue weighted by Gasteiger charge is 2.30. The van der Waals surface area contributed by atoms with Crippen molar-refractivity contribution in [2.45, 2.75) is 37.8 Å². The number of rotatable bonds is 4. The molecule has 3 N–H and O–H groups in total. The molecule has 1 aliphatic rings. The van der Waals surface area contributed by atoms with Gasteiger partial charge in [-0.1, -0.05) is 0 Å². The number of hydrogen-bond donors (Lipinski definition) is 2. The van der Waals surface area contributed by atoms with Crippen molar-refractivity contribution >= 4 is 32.9 Å². The van der Waals surface area contributed by atoms with Crippen LogP contribution in [0.2, 0.25) is 0 Å². The van der Waals surface area contributed by atoms with E-state index < -0.39 is 0 Å². The average Bonchev–Trinajstić information content (AvgIpc) is 3.00. The lowest BCUT2D eigenvalue weighted by Gasteiger charge is -2.35. The first-order chi connectivity index (χ1) is 10.7. The molecular weight excluding hydrogens is 296 g/mol. The maximum absolute atomic E-state index is 8.92. The fraction of sp³-hybridized carbons (Fsp3) is 0.500. The summed E-state index contributed by atoms with van der Waals surface area (Å²) in [5.41, 5.74) is 8.76. The van der Waals surface area contributed by atoms with Crippen molar-refractivity contribution in [3.05, 3.63) is 17.6 Å². The van der Waals surface area contributed by atoms with Gasteiger partial charge in [-0.3, -0.25) is 4.98 Å². The van der Waals surface area contributed by atoms with Crippen molar-refractivity contribution in [2.24, 2.45) is 5.92 Å². The predicted molar refractivity (Wildman–Crippen MR) is 89.8 cm³/mol. The van der Waals surface area contributed by atoms with E-state index in [1.54, 1.807) is 24.6 Å². The van der Waals surface area contributed by atoms with Crippen LogP contribution < -0.4 is 11.1 Å². The minimum atomic E-state index is 0.132. The Hall–Kier alpha value is -1.84. The van der Waals surface area contributed by atoms with Gasteiger partial charge in [-0.25, -0.2) is 0 Å². The molecule has 0 amide bonds. The third kappa shape index (κ3) is 2.87. The quantitative estimate of drug-likeness (QED) is 0.903. The van der Waals surface area contributed by atoms with Gasteiger partial charge in [0.05, 0.1) is 40.0 Å². The van der Waals surface area contributed by atoms with Crippen LogP contribution in [0.3, 0.4) is 0 Å². The van der Waals surface area contributed by atoms with Gasteiger partial charge in [-0.05, 0) is 36.6 Å². The Balaban J connectivity index is 1.77.